The van der Waals surface area contributed by atoms with Crippen molar-refractivity contribution in [1.29, 1.82) is 0 Å². The van der Waals surface area contributed by atoms with Crippen LogP contribution < -0.4 is 9.64 Å². The van der Waals surface area contributed by atoms with Crippen LogP contribution in [0.3, 0.4) is 0 Å². The maximum atomic E-state index is 9.96. The standard InChI is InChI=1S/C22H18Br2N4O2/c1-12-5-6-19(25-9-12)28-14(10-29)11-30-21-15(3-2-4-18(21)28)22-26-17-8-13(23)7-16(24)20(17)27-22/h2-9,14,29H,10-11H2,1H3,(H,26,27)/t14-/m0/s1. The summed E-state index contributed by atoms with van der Waals surface area (Å²) < 4.78 is 8.00. The molecular formula is C22H18Br2N4O2. The average molecular weight is 530 g/mol. The SMILES string of the molecule is Cc1ccc(N2c3cccc(-c4nc5c(Br)cc(Br)cc5[nH]4)c3OC[C@@H]2CO)nc1. The van der Waals surface area contributed by atoms with Crippen molar-refractivity contribution in [3.05, 3.63) is 63.2 Å². The van der Waals surface area contributed by atoms with Crippen LogP contribution in [0, 0.1) is 6.92 Å². The molecule has 0 unspecified atom stereocenters. The average Bonchev–Trinajstić information content (AvgIpc) is 3.17. The van der Waals surface area contributed by atoms with Crippen LogP contribution in [0.5, 0.6) is 5.75 Å². The van der Waals surface area contributed by atoms with Gasteiger partial charge in [0.25, 0.3) is 0 Å². The second-order valence-electron chi connectivity index (χ2n) is 7.23. The number of benzene rings is 2. The predicted molar refractivity (Wildman–Crippen MR) is 124 cm³/mol. The molecule has 2 aromatic carbocycles. The molecule has 0 saturated heterocycles. The fourth-order valence-electron chi connectivity index (χ4n) is 3.72. The van der Waals surface area contributed by atoms with Crippen LogP contribution in [-0.4, -0.2) is 39.3 Å². The Labute approximate surface area is 190 Å². The number of pyridine rings is 1. The van der Waals surface area contributed by atoms with Crippen LogP contribution >= 0.6 is 31.9 Å². The van der Waals surface area contributed by atoms with E-state index < -0.39 is 0 Å². The number of hydrogen-bond acceptors (Lipinski definition) is 5. The van der Waals surface area contributed by atoms with Crippen LogP contribution in [0.25, 0.3) is 22.4 Å². The molecule has 6 nitrogen and oxygen atoms in total. The van der Waals surface area contributed by atoms with E-state index in [1.54, 1.807) is 0 Å². The smallest absolute Gasteiger partial charge is 0.154 e. The summed E-state index contributed by atoms with van der Waals surface area (Å²) in [6.45, 7) is 2.32. The number of imidazole rings is 1. The quantitative estimate of drug-likeness (QED) is 0.374. The van der Waals surface area contributed by atoms with E-state index in [1.165, 1.54) is 0 Å². The molecule has 0 bridgehead atoms. The van der Waals surface area contributed by atoms with Gasteiger partial charge in [-0.3, -0.25) is 0 Å². The first-order valence-electron chi connectivity index (χ1n) is 9.49. The number of aryl methyl sites for hydroxylation is 1. The number of halogens is 2. The highest BCUT2D eigenvalue weighted by atomic mass is 79.9. The van der Waals surface area contributed by atoms with Gasteiger partial charge in [-0.25, -0.2) is 9.97 Å². The highest BCUT2D eigenvalue weighted by molar-refractivity contribution is 9.11. The number of aliphatic hydroxyl groups is 1. The minimum absolute atomic E-state index is 0.0369. The summed E-state index contributed by atoms with van der Waals surface area (Å²) in [4.78, 5) is 14.8. The third-order valence-electron chi connectivity index (χ3n) is 5.15. The highest BCUT2D eigenvalue weighted by Gasteiger charge is 2.31. The number of ether oxygens (including phenoxy) is 1. The van der Waals surface area contributed by atoms with Gasteiger partial charge < -0.3 is 19.7 Å². The van der Waals surface area contributed by atoms with E-state index in [4.69, 9.17) is 9.72 Å². The number of H-pyrrole nitrogens is 1. The lowest BCUT2D eigenvalue weighted by molar-refractivity contribution is 0.195. The molecule has 0 amide bonds. The van der Waals surface area contributed by atoms with Gasteiger partial charge in [0.2, 0.25) is 0 Å². The fraction of sp³-hybridized carbons (Fsp3) is 0.182. The molecule has 0 aliphatic carbocycles. The number of nitrogens with zero attached hydrogens (tertiary/aromatic N) is 3. The molecule has 1 aliphatic rings. The molecule has 2 aromatic heterocycles. The summed E-state index contributed by atoms with van der Waals surface area (Å²) >= 11 is 7.11. The lowest BCUT2D eigenvalue weighted by Crippen LogP contribution is -2.43. The van der Waals surface area contributed by atoms with Gasteiger partial charge in [0.15, 0.2) is 5.75 Å². The van der Waals surface area contributed by atoms with Crippen molar-refractivity contribution in [3.8, 4) is 17.1 Å². The van der Waals surface area contributed by atoms with Crippen LogP contribution in [0.2, 0.25) is 0 Å². The van der Waals surface area contributed by atoms with Crippen molar-refractivity contribution in [2.45, 2.75) is 13.0 Å². The second-order valence-corrected chi connectivity index (χ2v) is 9.00. The van der Waals surface area contributed by atoms with Gasteiger partial charge in [0.1, 0.15) is 23.8 Å². The van der Waals surface area contributed by atoms with Gasteiger partial charge in [-0.05, 0) is 58.7 Å². The van der Waals surface area contributed by atoms with Crippen molar-refractivity contribution >= 4 is 54.4 Å². The molecule has 0 radical (unpaired) electrons. The van der Waals surface area contributed by atoms with Gasteiger partial charge in [-0.15, -0.1) is 0 Å². The van der Waals surface area contributed by atoms with Gasteiger partial charge >= 0.3 is 0 Å². The minimum atomic E-state index is -0.219. The van der Waals surface area contributed by atoms with Gasteiger partial charge in [0, 0.05) is 15.1 Å². The largest absolute Gasteiger partial charge is 0.488 e. The Morgan fingerprint density at radius 1 is 1.23 bits per heavy atom. The molecule has 0 saturated carbocycles. The molecule has 152 valence electrons. The molecule has 2 N–H and O–H groups in total. The summed E-state index contributed by atoms with van der Waals surface area (Å²) in [5.41, 5.74) is 4.58. The maximum Gasteiger partial charge on any atom is 0.154 e. The number of rotatable bonds is 3. The van der Waals surface area contributed by atoms with Gasteiger partial charge in [-0.1, -0.05) is 28.1 Å². The van der Waals surface area contributed by atoms with E-state index in [2.05, 4.69) is 41.8 Å². The first-order chi connectivity index (χ1) is 14.5. The summed E-state index contributed by atoms with van der Waals surface area (Å²) in [7, 11) is 0. The Kier molecular flexibility index (Phi) is 5.00. The van der Waals surface area contributed by atoms with Crippen molar-refractivity contribution in [2.75, 3.05) is 18.1 Å². The molecule has 0 spiro atoms. The number of para-hydroxylation sites is 1. The normalized spacial score (nSPS) is 15.9. The predicted octanol–water partition coefficient (Wildman–Crippen LogP) is 5.35. The number of nitrogens with one attached hydrogen (secondary N) is 1. The zero-order chi connectivity index (χ0) is 20.8. The summed E-state index contributed by atoms with van der Waals surface area (Å²) in [5, 5.41) is 9.96. The molecular weight excluding hydrogens is 512 g/mol. The van der Waals surface area contributed by atoms with E-state index >= 15 is 0 Å². The number of aromatic amines is 1. The molecule has 1 aliphatic heterocycles. The summed E-state index contributed by atoms with van der Waals surface area (Å²) in [6, 6.07) is 13.7. The number of fused-ring (bicyclic) bond motifs is 2. The van der Waals surface area contributed by atoms with E-state index in [0.29, 0.717) is 6.61 Å². The third-order valence-corrected chi connectivity index (χ3v) is 6.21. The Hall–Kier alpha value is -2.42. The van der Waals surface area contributed by atoms with Crippen molar-refractivity contribution in [1.82, 2.24) is 15.0 Å². The van der Waals surface area contributed by atoms with Crippen molar-refractivity contribution < 1.29 is 9.84 Å². The second kappa shape index (κ2) is 7.68. The van der Waals surface area contributed by atoms with Crippen LogP contribution in [0.1, 0.15) is 5.56 Å². The zero-order valence-corrected chi connectivity index (χ0v) is 19.2. The lowest BCUT2D eigenvalue weighted by atomic mass is 10.1. The maximum absolute atomic E-state index is 9.96. The number of hydrogen-bond donors (Lipinski definition) is 2. The summed E-state index contributed by atoms with van der Waals surface area (Å²) in [6.07, 6.45) is 1.83. The Morgan fingerprint density at radius 3 is 2.87 bits per heavy atom. The van der Waals surface area contributed by atoms with E-state index in [0.717, 1.165) is 54.2 Å². The fourth-order valence-corrected chi connectivity index (χ4v) is 5.03. The van der Waals surface area contributed by atoms with E-state index in [9.17, 15) is 5.11 Å². The summed E-state index contributed by atoms with van der Waals surface area (Å²) in [5.74, 6) is 2.22. The monoisotopic (exact) mass is 528 g/mol. The number of aromatic nitrogens is 3. The first kappa shape index (κ1) is 19.5. The Bertz CT molecular complexity index is 1240. The van der Waals surface area contributed by atoms with Crippen molar-refractivity contribution in [3.63, 3.8) is 0 Å². The van der Waals surface area contributed by atoms with Gasteiger partial charge in [-0.2, -0.15) is 0 Å². The topological polar surface area (TPSA) is 74.3 Å². The Morgan fingerprint density at radius 2 is 2.10 bits per heavy atom. The highest BCUT2D eigenvalue weighted by Crippen LogP contribution is 2.44. The molecule has 8 heteroatoms. The van der Waals surface area contributed by atoms with Crippen LogP contribution in [-0.2, 0) is 0 Å². The molecule has 0 fully saturated rings. The van der Waals surface area contributed by atoms with Crippen LogP contribution in [0.15, 0.2) is 57.6 Å². The molecule has 1 atom stereocenters. The zero-order valence-electron chi connectivity index (χ0n) is 16.1. The van der Waals surface area contributed by atoms with E-state index in [-0.39, 0.29) is 12.6 Å². The van der Waals surface area contributed by atoms with Crippen LogP contribution in [0.4, 0.5) is 11.5 Å². The molecule has 30 heavy (non-hydrogen) atoms. The van der Waals surface area contributed by atoms with Gasteiger partial charge in [0.05, 0.1) is 29.4 Å². The van der Waals surface area contributed by atoms with Crippen molar-refractivity contribution in [2.24, 2.45) is 0 Å². The third kappa shape index (κ3) is 3.29. The molecule has 3 heterocycles. The number of anilines is 2. The van der Waals surface area contributed by atoms with E-state index in [1.807, 2.05) is 60.5 Å². The number of aliphatic hydroxyl groups excluding tert-OH is 1. The minimum Gasteiger partial charge on any atom is -0.488 e. The first-order valence-corrected chi connectivity index (χ1v) is 11.1. The molecule has 5 rings (SSSR count). The Balaban J connectivity index is 1.66. The molecule has 4 aromatic rings. The lowest BCUT2D eigenvalue weighted by Gasteiger charge is -2.37.